The first-order valence-electron chi connectivity index (χ1n) is 6.78. The van der Waals surface area contributed by atoms with Crippen LogP contribution in [0.25, 0.3) is 0 Å². The second-order valence-electron chi connectivity index (χ2n) is 4.89. The molecule has 0 spiro atoms. The lowest BCUT2D eigenvalue weighted by Crippen LogP contribution is -2.46. The summed E-state index contributed by atoms with van der Waals surface area (Å²) in [4.78, 5) is 11.6. The van der Waals surface area contributed by atoms with Gasteiger partial charge in [0, 0.05) is 0 Å². The van der Waals surface area contributed by atoms with Gasteiger partial charge in [-0.05, 0) is 44.4 Å². The first-order chi connectivity index (χ1) is 9.49. The molecule has 0 amide bonds. The van der Waals surface area contributed by atoms with Crippen molar-refractivity contribution < 1.29 is 19.4 Å². The molecule has 5 heteroatoms. The van der Waals surface area contributed by atoms with Gasteiger partial charge in [0.05, 0.1) is 19.8 Å². The molecular formula is C15H23NO4. The van der Waals surface area contributed by atoms with E-state index in [0.29, 0.717) is 26.1 Å². The molecule has 5 nitrogen and oxygen atoms in total. The lowest BCUT2D eigenvalue weighted by molar-refractivity contribution is -0.149. The number of nitrogens with two attached hydrogens (primary N) is 1. The Bertz CT molecular complexity index is 414. The molecule has 1 aromatic carbocycles. The van der Waals surface area contributed by atoms with Gasteiger partial charge in [-0.15, -0.1) is 0 Å². The van der Waals surface area contributed by atoms with Gasteiger partial charge in [-0.25, -0.2) is 0 Å². The van der Waals surface area contributed by atoms with E-state index < -0.39 is 5.54 Å². The number of hydrogen-bond donors (Lipinski definition) is 2. The van der Waals surface area contributed by atoms with Crippen molar-refractivity contribution >= 4 is 5.97 Å². The monoisotopic (exact) mass is 281 g/mol. The Morgan fingerprint density at radius 2 is 2.00 bits per heavy atom. The lowest BCUT2D eigenvalue weighted by Gasteiger charge is -2.22. The molecule has 0 saturated carbocycles. The number of ether oxygens (including phenoxy) is 2. The van der Waals surface area contributed by atoms with Crippen LogP contribution in [0.4, 0.5) is 0 Å². The zero-order valence-electron chi connectivity index (χ0n) is 12.1. The van der Waals surface area contributed by atoms with E-state index in [-0.39, 0.29) is 12.6 Å². The number of aliphatic hydroxyl groups is 1. The smallest absolute Gasteiger partial charge is 0.325 e. The molecule has 1 atom stereocenters. The second-order valence-corrected chi connectivity index (χ2v) is 4.89. The van der Waals surface area contributed by atoms with Gasteiger partial charge in [0.15, 0.2) is 0 Å². The van der Waals surface area contributed by atoms with E-state index in [0.717, 1.165) is 11.3 Å². The Labute approximate surface area is 119 Å². The maximum absolute atomic E-state index is 11.6. The third kappa shape index (κ3) is 5.19. The molecule has 0 aliphatic heterocycles. The SMILES string of the molecule is CCOC(=O)C(C)(N)CCCOc1ccc(CO)cc1. The third-order valence-electron chi connectivity index (χ3n) is 2.96. The van der Waals surface area contributed by atoms with E-state index in [2.05, 4.69) is 0 Å². The molecule has 1 aromatic rings. The van der Waals surface area contributed by atoms with Crippen molar-refractivity contribution in [3.63, 3.8) is 0 Å². The number of rotatable bonds is 8. The topological polar surface area (TPSA) is 81.8 Å². The minimum atomic E-state index is -0.972. The summed E-state index contributed by atoms with van der Waals surface area (Å²) < 4.78 is 10.5. The fourth-order valence-corrected chi connectivity index (χ4v) is 1.72. The van der Waals surface area contributed by atoms with Crippen LogP contribution in [0.15, 0.2) is 24.3 Å². The summed E-state index contributed by atoms with van der Waals surface area (Å²) in [6.45, 7) is 4.25. The molecule has 0 bridgehead atoms. The largest absolute Gasteiger partial charge is 0.494 e. The number of carbonyl (C=O) groups excluding carboxylic acids is 1. The molecule has 0 aliphatic carbocycles. The average Bonchev–Trinajstić information content (AvgIpc) is 2.44. The van der Waals surface area contributed by atoms with Crippen molar-refractivity contribution in [2.24, 2.45) is 5.73 Å². The van der Waals surface area contributed by atoms with E-state index in [1.54, 1.807) is 38.1 Å². The van der Waals surface area contributed by atoms with Gasteiger partial charge >= 0.3 is 5.97 Å². The minimum Gasteiger partial charge on any atom is -0.494 e. The summed E-state index contributed by atoms with van der Waals surface area (Å²) in [6, 6.07) is 7.22. The highest BCUT2D eigenvalue weighted by atomic mass is 16.5. The molecule has 1 unspecified atom stereocenters. The lowest BCUT2D eigenvalue weighted by atomic mass is 9.98. The van der Waals surface area contributed by atoms with Crippen LogP contribution in [-0.2, 0) is 16.1 Å². The summed E-state index contributed by atoms with van der Waals surface area (Å²) in [7, 11) is 0. The number of esters is 1. The Morgan fingerprint density at radius 3 is 2.55 bits per heavy atom. The summed E-state index contributed by atoms with van der Waals surface area (Å²) in [5, 5.41) is 8.93. The zero-order valence-corrected chi connectivity index (χ0v) is 12.1. The number of aliphatic hydroxyl groups excluding tert-OH is 1. The molecule has 20 heavy (non-hydrogen) atoms. The van der Waals surface area contributed by atoms with Crippen LogP contribution in [0, 0.1) is 0 Å². The van der Waals surface area contributed by atoms with Crippen LogP contribution < -0.4 is 10.5 Å². The minimum absolute atomic E-state index is 0.0192. The van der Waals surface area contributed by atoms with E-state index in [4.69, 9.17) is 20.3 Å². The molecule has 0 fully saturated rings. The van der Waals surface area contributed by atoms with Crippen molar-refractivity contribution in [1.82, 2.24) is 0 Å². The summed E-state index contributed by atoms with van der Waals surface area (Å²) in [6.07, 6.45) is 1.16. The average molecular weight is 281 g/mol. The Kier molecular flexibility index (Phi) is 6.48. The molecule has 0 heterocycles. The summed E-state index contributed by atoms with van der Waals surface area (Å²) >= 11 is 0. The predicted octanol–water partition coefficient (Wildman–Crippen LogP) is 1.62. The molecule has 0 saturated heterocycles. The maximum atomic E-state index is 11.6. The summed E-state index contributed by atoms with van der Waals surface area (Å²) in [5.41, 5.74) is 5.78. The van der Waals surface area contributed by atoms with Gasteiger partial charge in [-0.3, -0.25) is 4.79 Å². The highest BCUT2D eigenvalue weighted by Gasteiger charge is 2.29. The third-order valence-corrected chi connectivity index (χ3v) is 2.96. The van der Waals surface area contributed by atoms with Crippen molar-refractivity contribution in [2.45, 2.75) is 38.8 Å². The van der Waals surface area contributed by atoms with E-state index >= 15 is 0 Å². The predicted molar refractivity (Wildman–Crippen MR) is 76.3 cm³/mol. The van der Waals surface area contributed by atoms with Crippen LogP contribution in [0.1, 0.15) is 32.3 Å². The van der Waals surface area contributed by atoms with Gasteiger partial charge in [0.1, 0.15) is 11.3 Å². The van der Waals surface area contributed by atoms with Crippen molar-refractivity contribution in [1.29, 1.82) is 0 Å². The van der Waals surface area contributed by atoms with Crippen LogP contribution >= 0.6 is 0 Å². The quantitative estimate of drug-likeness (QED) is 0.559. The van der Waals surface area contributed by atoms with Crippen LogP contribution in [0.2, 0.25) is 0 Å². The van der Waals surface area contributed by atoms with Gasteiger partial charge in [0.2, 0.25) is 0 Å². The first-order valence-corrected chi connectivity index (χ1v) is 6.78. The van der Waals surface area contributed by atoms with Crippen molar-refractivity contribution in [3.8, 4) is 5.75 Å². The van der Waals surface area contributed by atoms with E-state index in [1.807, 2.05) is 0 Å². The van der Waals surface area contributed by atoms with Gasteiger partial charge in [0.25, 0.3) is 0 Å². The summed E-state index contributed by atoms with van der Waals surface area (Å²) in [5.74, 6) is 0.351. The normalized spacial score (nSPS) is 13.6. The molecule has 3 N–H and O–H groups in total. The first kappa shape index (κ1) is 16.5. The van der Waals surface area contributed by atoms with E-state index in [1.165, 1.54) is 0 Å². The highest BCUT2D eigenvalue weighted by Crippen LogP contribution is 2.15. The maximum Gasteiger partial charge on any atom is 0.325 e. The van der Waals surface area contributed by atoms with E-state index in [9.17, 15) is 4.79 Å². The highest BCUT2D eigenvalue weighted by molar-refractivity contribution is 5.79. The molecule has 1 rings (SSSR count). The zero-order chi connectivity index (χ0) is 15.0. The second kappa shape index (κ2) is 7.87. The van der Waals surface area contributed by atoms with Crippen molar-refractivity contribution in [3.05, 3.63) is 29.8 Å². The molecule has 0 aliphatic rings. The van der Waals surface area contributed by atoms with Gasteiger partial charge in [-0.2, -0.15) is 0 Å². The fraction of sp³-hybridized carbons (Fsp3) is 0.533. The number of benzene rings is 1. The van der Waals surface area contributed by atoms with Gasteiger partial charge < -0.3 is 20.3 Å². The fourth-order valence-electron chi connectivity index (χ4n) is 1.72. The molecule has 112 valence electrons. The Balaban J connectivity index is 2.31. The molecule has 0 radical (unpaired) electrons. The molecule has 0 aromatic heterocycles. The number of carbonyl (C=O) groups is 1. The van der Waals surface area contributed by atoms with Crippen LogP contribution in [0.3, 0.4) is 0 Å². The molecular weight excluding hydrogens is 258 g/mol. The van der Waals surface area contributed by atoms with Crippen LogP contribution in [0.5, 0.6) is 5.75 Å². The van der Waals surface area contributed by atoms with Crippen molar-refractivity contribution in [2.75, 3.05) is 13.2 Å². The Hall–Kier alpha value is -1.59. The standard InChI is InChI=1S/C15H23NO4/c1-3-19-14(18)15(2,16)9-4-10-20-13-7-5-12(11-17)6-8-13/h5-8,17H,3-4,9-11,16H2,1-2H3. The van der Waals surface area contributed by atoms with Crippen LogP contribution in [-0.4, -0.2) is 29.8 Å². The van der Waals surface area contributed by atoms with Gasteiger partial charge in [-0.1, -0.05) is 12.1 Å². The number of hydrogen-bond acceptors (Lipinski definition) is 5. The Morgan fingerprint density at radius 1 is 1.35 bits per heavy atom.